The van der Waals surface area contributed by atoms with E-state index in [2.05, 4.69) is 0 Å². The summed E-state index contributed by atoms with van der Waals surface area (Å²) in [5, 5.41) is 0.533. The van der Waals surface area contributed by atoms with Gasteiger partial charge < -0.3 is 14.4 Å². The van der Waals surface area contributed by atoms with Crippen LogP contribution in [-0.2, 0) is 11.3 Å². The molecule has 0 spiro atoms. The number of nitrogens with zero attached hydrogens (tertiary/aromatic N) is 1. The minimum atomic E-state index is -0.110. The first-order valence-corrected chi connectivity index (χ1v) is 8.88. The zero-order chi connectivity index (χ0) is 19.2. The Morgan fingerprint density at radius 1 is 0.963 bits per heavy atom. The molecule has 0 heterocycles. The van der Waals surface area contributed by atoms with Crippen LogP contribution in [0, 0.1) is 0 Å². The summed E-state index contributed by atoms with van der Waals surface area (Å²) in [5.74, 6) is 1.80. The topological polar surface area (TPSA) is 38.8 Å². The molecule has 3 rings (SSSR count). The van der Waals surface area contributed by atoms with Crippen LogP contribution in [-0.4, -0.2) is 13.0 Å². The van der Waals surface area contributed by atoms with Gasteiger partial charge in [-0.2, -0.15) is 0 Å². The van der Waals surface area contributed by atoms with Gasteiger partial charge in [0.15, 0.2) is 5.75 Å². The minimum absolute atomic E-state index is 0.110. The van der Waals surface area contributed by atoms with Crippen molar-refractivity contribution in [2.45, 2.75) is 13.5 Å². The molecule has 0 N–H and O–H groups in total. The summed E-state index contributed by atoms with van der Waals surface area (Å²) >= 11 is 6.17. The van der Waals surface area contributed by atoms with Gasteiger partial charge in [-0.3, -0.25) is 4.79 Å². The van der Waals surface area contributed by atoms with E-state index in [1.807, 2.05) is 54.6 Å². The van der Waals surface area contributed by atoms with Gasteiger partial charge in [0.1, 0.15) is 11.5 Å². The summed E-state index contributed by atoms with van der Waals surface area (Å²) in [4.78, 5) is 14.1. The average Bonchev–Trinajstić information content (AvgIpc) is 2.67. The first kappa shape index (κ1) is 18.8. The lowest BCUT2D eigenvalue weighted by Gasteiger charge is -2.25. The van der Waals surface area contributed by atoms with Gasteiger partial charge in [0.2, 0.25) is 5.91 Å². The Labute approximate surface area is 163 Å². The maximum absolute atomic E-state index is 12.4. The van der Waals surface area contributed by atoms with Gasteiger partial charge >= 0.3 is 0 Å². The van der Waals surface area contributed by atoms with Crippen molar-refractivity contribution in [1.82, 2.24) is 0 Å². The van der Waals surface area contributed by atoms with Crippen molar-refractivity contribution < 1.29 is 14.3 Å². The summed E-state index contributed by atoms with van der Waals surface area (Å²) in [7, 11) is 1.61. The second-order valence-electron chi connectivity index (χ2n) is 5.94. The molecule has 0 aliphatic carbocycles. The van der Waals surface area contributed by atoms with Crippen LogP contribution < -0.4 is 14.4 Å². The van der Waals surface area contributed by atoms with Gasteiger partial charge in [-0.25, -0.2) is 0 Å². The van der Waals surface area contributed by atoms with Crippen molar-refractivity contribution in [2.75, 3.05) is 12.0 Å². The van der Waals surface area contributed by atoms with Crippen molar-refractivity contribution in [3.05, 3.63) is 83.4 Å². The van der Waals surface area contributed by atoms with Gasteiger partial charge in [0.25, 0.3) is 0 Å². The lowest BCUT2D eigenvalue weighted by atomic mass is 10.1. The molecule has 0 fully saturated rings. The number of methoxy groups -OCH3 is 1. The molecule has 0 saturated carbocycles. The predicted molar refractivity (Wildman–Crippen MR) is 108 cm³/mol. The maximum Gasteiger partial charge on any atom is 0.224 e. The molecule has 138 valence electrons. The third-order valence-corrected chi connectivity index (χ3v) is 4.32. The molecule has 0 radical (unpaired) electrons. The minimum Gasteiger partial charge on any atom is -0.496 e. The summed E-state index contributed by atoms with van der Waals surface area (Å²) in [6, 6.07) is 22.2. The summed E-state index contributed by atoms with van der Waals surface area (Å²) in [6.07, 6.45) is 0. The Kier molecular flexibility index (Phi) is 5.99. The highest BCUT2D eigenvalue weighted by atomic mass is 35.5. The second-order valence-corrected chi connectivity index (χ2v) is 6.38. The summed E-state index contributed by atoms with van der Waals surface area (Å²) in [6.45, 7) is 1.88. The predicted octanol–water partition coefficient (Wildman–Crippen LogP) is 5.69. The quantitative estimate of drug-likeness (QED) is 0.551. The Balaban J connectivity index is 1.99. The Morgan fingerprint density at radius 3 is 2.37 bits per heavy atom. The molecule has 0 aromatic heterocycles. The number of benzene rings is 3. The Hall–Kier alpha value is -2.98. The molecule has 0 unspecified atom stereocenters. The van der Waals surface area contributed by atoms with Crippen molar-refractivity contribution in [3.63, 3.8) is 0 Å². The fraction of sp³-hybridized carbons (Fsp3) is 0.136. The molecule has 0 aliphatic heterocycles. The number of hydrogen-bond donors (Lipinski definition) is 0. The molecule has 0 bridgehead atoms. The van der Waals surface area contributed by atoms with E-state index in [0.29, 0.717) is 28.8 Å². The van der Waals surface area contributed by atoms with Crippen LogP contribution in [0.15, 0.2) is 72.8 Å². The zero-order valence-corrected chi connectivity index (χ0v) is 15.9. The van der Waals surface area contributed by atoms with Gasteiger partial charge in [-0.1, -0.05) is 48.0 Å². The van der Waals surface area contributed by atoms with Crippen LogP contribution in [0.4, 0.5) is 5.69 Å². The van der Waals surface area contributed by atoms with Crippen molar-refractivity contribution in [2.24, 2.45) is 0 Å². The van der Waals surface area contributed by atoms with E-state index >= 15 is 0 Å². The third kappa shape index (κ3) is 4.60. The van der Waals surface area contributed by atoms with Crippen LogP contribution in [0.3, 0.4) is 0 Å². The standard InChI is InChI=1S/C22H20ClNO3/c1-16(25)24(15-17-8-6-7-11-21(17)26-2)20-13-12-18(23)14-22(20)27-19-9-4-3-5-10-19/h3-14H,15H2,1-2H3/i2-1. The highest BCUT2D eigenvalue weighted by Gasteiger charge is 2.19. The summed E-state index contributed by atoms with van der Waals surface area (Å²) < 4.78 is 11.4. The number of amides is 1. The van der Waals surface area contributed by atoms with E-state index in [-0.39, 0.29) is 5.91 Å². The molecule has 1 amide bonds. The molecule has 27 heavy (non-hydrogen) atoms. The fourth-order valence-electron chi connectivity index (χ4n) is 2.78. The number of rotatable bonds is 6. The monoisotopic (exact) mass is 380 g/mol. The highest BCUT2D eigenvalue weighted by Crippen LogP contribution is 2.36. The Morgan fingerprint density at radius 2 is 1.67 bits per heavy atom. The molecule has 0 atom stereocenters. The number of hydrogen-bond acceptors (Lipinski definition) is 3. The smallest absolute Gasteiger partial charge is 0.224 e. The number of anilines is 1. The first-order chi connectivity index (χ1) is 13.1. The van der Waals surface area contributed by atoms with E-state index in [1.165, 1.54) is 6.92 Å². The molecule has 4 nitrogen and oxygen atoms in total. The summed E-state index contributed by atoms with van der Waals surface area (Å²) in [5.41, 5.74) is 1.54. The molecular formula is C22H20ClNO3. The van der Waals surface area contributed by atoms with Gasteiger partial charge in [0.05, 0.1) is 19.3 Å². The van der Waals surface area contributed by atoms with E-state index in [1.54, 1.807) is 30.2 Å². The average molecular weight is 381 g/mol. The fourth-order valence-corrected chi connectivity index (χ4v) is 2.94. The third-order valence-electron chi connectivity index (χ3n) is 4.08. The number of ether oxygens (including phenoxy) is 2. The van der Waals surface area contributed by atoms with Crippen LogP contribution in [0.1, 0.15) is 12.5 Å². The number of para-hydroxylation sites is 2. The molecule has 0 aliphatic rings. The molecule has 5 heteroatoms. The number of carbonyl (C=O) groups excluding carboxylic acids is 1. The van der Waals surface area contributed by atoms with E-state index in [9.17, 15) is 4.79 Å². The van der Waals surface area contributed by atoms with E-state index in [0.717, 1.165) is 11.3 Å². The molecular weight excluding hydrogens is 361 g/mol. The van der Waals surface area contributed by atoms with E-state index in [4.69, 9.17) is 21.1 Å². The van der Waals surface area contributed by atoms with Gasteiger partial charge in [-0.05, 0) is 30.3 Å². The van der Waals surface area contributed by atoms with E-state index < -0.39 is 0 Å². The first-order valence-electron chi connectivity index (χ1n) is 8.51. The molecule has 3 aromatic rings. The number of halogens is 1. The van der Waals surface area contributed by atoms with Crippen LogP contribution in [0.5, 0.6) is 17.2 Å². The van der Waals surface area contributed by atoms with Gasteiger partial charge in [-0.15, -0.1) is 0 Å². The van der Waals surface area contributed by atoms with Crippen LogP contribution in [0.2, 0.25) is 5.02 Å². The lowest BCUT2D eigenvalue weighted by molar-refractivity contribution is -0.116. The van der Waals surface area contributed by atoms with Crippen LogP contribution in [0.25, 0.3) is 0 Å². The zero-order valence-electron chi connectivity index (χ0n) is 15.2. The van der Waals surface area contributed by atoms with Crippen molar-refractivity contribution >= 4 is 23.2 Å². The number of carbonyl (C=O) groups is 1. The van der Waals surface area contributed by atoms with Crippen molar-refractivity contribution in [1.29, 1.82) is 0 Å². The highest BCUT2D eigenvalue weighted by molar-refractivity contribution is 6.30. The molecule has 0 saturated heterocycles. The molecule has 3 aromatic carbocycles. The largest absolute Gasteiger partial charge is 0.496 e. The maximum atomic E-state index is 12.4. The normalized spacial score (nSPS) is 10.3. The second kappa shape index (κ2) is 8.60. The van der Waals surface area contributed by atoms with Crippen molar-refractivity contribution in [3.8, 4) is 17.2 Å². The Bertz CT molecular complexity index is 928. The SMILES string of the molecule is CC(=O)N(Cc1ccccc1O[11CH3])c1ccc(Cl)cc1Oc1ccccc1. The lowest BCUT2D eigenvalue weighted by Crippen LogP contribution is -2.28. The van der Waals surface area contributed by atoms with Crippen LogP contribution >= 0.6 is 11.6 Å². The van der Waals surface area contributed by atoms with Gasteiger partial charge in [0, 0.05) is 23.6 Å².